The minimum Gasteiger partial charge on any atom is -0.508 e. The molecule has 1 amide bonds. The van der Waals surface area contributed by atoms with Gasteiger partial charge in [0.1, 0.15) is 24.0 Å². The molecule has 3 fully saturated rings. The summed E-state index contributed by atoms with van der Waals surface area (Å²) in [5.41, 5.74) is -0.0499. The number of hydrogen-bond acceptors (Lipinski definition) is 10. The maximum absolute atomic E-state index is 12.6. The molecule has 4 aliphatic rings. The molecule has 5 N–H and O–H groups in total. The van der Waals surface area contributed by atoms with Gasteiger partial charge in [-0.25, -0.2) is 4.79 Å². The molecule has 11 heteroatoms. The lowest BCUT2D eigenvalue weighted by atomic mass is 9.45. The Labute approximate surface area is 257 Å². The first kappa shape index (κ1) is 32.1. The van der Waals surface area contributed by atoms with Gasteiger partial charge < -0.3 is 35.3 Å². The summed E-state index contributed by atoms with van der Waals surface area (Å²) >= 11 is 0. The van der Waals surface area contributed by atoms with E-state index in [1.54, 1.807) is 12.1 Å². The van der Waals surface area contributed by atoms with Gasteiger partial charge in [0, 0.05) is 11.8 Å². The number of benzene rings is 1. The van der Waals surface area contributed by atoms with E-state index in [0.29, 0.717) is 31.4 Å². The Morgan fingerprint density at radius 3 is 2.52 bits per heavy atom. The highest BCUT2D eigenvalue weighted by atomic mass is 16.6. The van der Waals surface area contributed by atoms with Crippen LogP contribution in [0.5, 0.6) is 5.75 Å². The third kappa shape index (κ3) is 5.54. The van der Waals surface area contributed by atoms with E-state index >= 15 is 0 Å². The molecule has 0 heterocycles. The van der Waals surface area contributed by atoms with Crippen LogP contribution in [0.3, 0.4) is 0 Å². The molecular formula is C33H44N2O9. The van der Waals surface area contributed by atoms with Crippen LogP contribution >= 0.6 is 0 Å². The number of ether oxygens (including phenoxy) is 1. The van der Waals surface area contributed by atoms with Crippen molar-refractivity contribution in [2.75, 3.05) is 20.3 Å². The van der Waals surface area contributed by atoms with Crippen LogP contribution in [0.2, 0.25) is 0 Å². The van der Waals surface area contributed by atoms with E-state index in [0.717, 1.165) is 24.8 Å². The number of aliphatic hydroxyl groups is 3. The Morgan fingerprint density at radius 1 is 1.11 bits per heavy atom. The minimum atomic E-state index is -1.62. The largest absolute Gasteiger partial charge is 0.508 e. The Bertz CT molecular complexity index is 1340. The van der Waals surface area contributed by atoms with Crippen LogP contribution < -0.4 is 5.32 Å². The first-order chi connectivity index (χ1) is 20.9. The molecule has 0 saturated heterocycles. The highest BCUT2D eigenvalue weighted by molar-refractivity contribution is 5.96. The van der Waals surface area contributed by atoms with Crippen LogP contribution in [0.15, 0.2) is 41.1 Å². The van der Waals surface area contributed by atoms with E-state index in [2.05, 4.69) is 17.4 Å². The zero-order valence-corrected chi connectivity index (χ0v) is 25.6. The number of allylic oxidation sites excluding steroid dienone is 2. The van der Waals surface area contributed by atoms with Gasteiger partial charge in [0.25, 0.3) is 5.91 Å². The molecule has 5 rings (SSSR count). The maximum Gasteiger partial charge on any atom is 0.328 e. The fraction of sp³-hybridized carbons (Fsp3) is 0.636. The fourth-order valence-electron chi connectivity index (χ4n) is 8.98. The van der Waals surface area contributed by atoms with Gasteiger partial charge in [-0.1, -0.05) is 36.7 Å². The molecule has 240 valence electrons. The van der Waals surface area contributed by atoms with Crippen LogP contribution in [0, 0.1) is 28.6 Å². The molecule has 3 saturated carbocycles. The summed E-state index contributed by atoms with van der Waals surface area (Å²) in [6, 6.07) is 5.40. The summed E-state index contributed by atoms with van der Waals surface area (Å²) in [6.07, 6.45) is 5.75. The molecule has 0 bridgehead atoms. The molecule has 8 atom stereocenters. The summed E-state index contributed by atoms with van der Waals surface area (Å²) in [5.74, 6) is -1.38. The zero-order chi connectivity index (χ0) is 31.9. The number of carbonyl (C=O) groups is 3. The average molecular weight is 613 g/mol. The fourth-order valence-corrected chi connectivity index (χ4v) is 8.98. The van der Waals surface area contributed by atoms with Crippen molar-refractivity contribution >= 4 is 23.4 Å². The van der Waals surface area contributed by atoms with Crippen LogP contribution in [0.4, 0.5) is 0 Å². The number of phenolic OH excluding ortho intramolecular Hbond substituents is 1. The number of rotatable bonds is 9. The number of methoxy groups -OCH3 is 1. The number of amides is 1. The lowest BCUT2D eigenvalue weighted by Gasteiger charge is -2.60. The van der Waals surface area contributed by atoms with E-state index in [9.17, 15) is 34.8 Å². The first-order valence-corrected chi connectivity index (χ1v) is 15.5. The van der Waals surface area contributed by atoms with Crippen molar-refractivity contribution in [3.8, 4) is 5.75 Å². The van der Waals surface area contributed by atoms with Gasteiger partial charge in [-0.05, 0) is 91.9 Å². The summed E-state index contributed by atoms with van der Waals surface area (Å²) in [5, 5.41) is 48.9. The molecule has 4 aliphatic carbocycles. The van der Waals surface area contributed by atoms with Crippen molar-refractivity contribution < 1.29 is 44.4 Å². The van der Waals surface area contributed by atoms with Gasteiger partial charge in [-0.3, -0.25) is 9.59 Å². The Kier molecular flexibility index (Phi) is 8.94. The number of phenols is 1. The van der Waals surface area contributed by atoms with Crippen molar-refractivity contribution in [3.05, 3.63) is 41.5 Å². The predicted molar refractivity (Wildman–Crippen MR) is 159 cm³/mol. The van der Waals surface area contributed by atoms with Crippen LogP contribution in [-0.2, 0) is 30.4 Å². The Hall–Kier alpha value is -3.28. The number of aliphatic hydroxyl groups excluding tert-OH is 2. The third-order valence-electron chi connectivity index (χ3n) is 11.2. The van der Waals surface area contributed by atoms with Crippen LogP contribution in [0.25, 0.3) is 0 Å². The number of aromatic hydroxyl groups is 1. The molecule has 0 unspecified atom stereocenters. The number of Topliss-reactive ketones (excluding diaryl/α,β-unsaturated/α-hetero) is 1. The van der Waals surface area contributed by atoms with Crippen molar-refractivity contribution in [1.82, 2.24) is 5.32 Å². The molecule has 11 nitrogen and oxygen atoms in total. The Morgan fingerprint density at radius 2 is 1.84 bits per heavy atom. The topological polar surface area (TPSA) is 175 Å². The second kappa shape index (κ2) is 12.3. The van der Waals surface area contributed by atoms with Crippen molar-refractivity contribution in [3.63, 3.8) is 0 Å². The van der Waals surface area contributed by atoms with Crippen molar-refractivity contribution in [2.24, 2.45) is 33.7 Å². The number of nitrogens with one attached hydrogen (secondary N) is 1. The van der Waals surface area contributed by atoms with Gasteiger partial charge in [0.05, 0.1) is 18.9 Å². The van der Waals surface area contributed by atoms with Gasteiger partial charge >= 0.3 is 5.97 Å². The molecule has 44 heavy (non-hydrogen) atoms. The standard InChI is InChI=1S/C33H44N2O9/c1-31-12-10-21(35-44-18-28(40)34-25(30(41)43-3)14-19-4-7-22(37)8-5-19)15-20(31)6-9-23-24-11-13-33(42,27(39)17-36)32(24,2)16-26(38)29(23)31/h4-5,7-8,15,23-26,29,36-38,42H,6,9-14,16-18H2,1-3H3,(H,34,40)/b35-21+/t23-,24-,25+,26+,29+,31-,32-,33-/m0/s1. The molecule has 0 aliphatic heterocycles. The number of oxime groups is 1. The number of ketones is 1. The highest BCUT2D eigenvalue weighted by Crippen LogP contribution is 2.67. The third-order valence-corrected chi connectivity index (χ3v) is 11.2. The molecular weight excluding hydrogens is 568 g/mol. The van der Waals surface area contributed by atoms with E-state index in [-0.39, 0.29) is 41.9 Å². The summed E-state index contributed by atoms with van der Waals surface area (Å²) < 4.78 is 4.83. The smallest absolute Gasteiger partial charge is 0.328 e. The predicted octanol–water partition coefficient (Wildman–Crippen LogP) is 2.19. The number of nitrogens with zero attached hydrogens (tertiary/aromatic N) is 1. The lowest BCUT2D eigenvalue weighted by Crippen LogP contribution is -2.62. The summed E-state index contributed by atoms with van der Waals surface area (Å²) in [7, 11) is 1.25. The first-order valence-electron chi connectivity index (χ1n) is 15.5. The second-order valence-corrected chi connectivity index (χ2v) is 13.5. The normalized spacial score (nSPS) is 35.9. The number of esters is 1. The van der Waals surface area contributed by atoms with Crippen molar-refractivity contribution in [2.45, 2.75) is 83.0 Å². The molecule has 1 aromatic carbocycles. The zero-order valence-electron chi connectivity index (χ0n) is 25.6. The van der Waals surface area contributed by atoms with Gasteiger partial charge in [-0.2, -0.15) is 0 Å². The molecule has 0 spiro atoms. The SMILES string of the molecule is COC(=O)[C@@H](Cc1ccc(O)cc1)NC(=O)CO/N=C1/C=C2CC[C@@H]3[C@H]([C@H](O)C[C@@]4(C)[C@H]3CC[C@]4(O)C(=O)CO)[C@@]2(C)CC1. The van der Waals surface area contributed by atoms with E-state index in [4.69, 9.17) is 9.57 Å². The van der Waals surface area contributed by atoms with Gasteiger partial charge in [0.15, 0.2) is 12.4 Å². The van der Waals surface area contributed by atoms with E-state index in [1.165, 1.54) is 24.8 Å². The molecule has 0 aromatic heterocycles. The summed E-state index contributed by atoms with van der Waals surface area (Å²) in [6.45, 7) is 3.01. The molecule has 1 aromatic rings. The highest BCUT2D eigenvalue weighted by Gasteiger charge is 2.68. The van der Waals surface area contributed by atoms with E-state index < -0.39 is 47.4 Å². The molecule has 0 radical (unpaired) electrons. The second-order valence-electron chi connectivity index (χ2n) is 13.5. The lowest BCUT2D eigenvalue weighted by molar-refractivity contribution is -0.181. The number of carbonyl (C=O) groups excluding carboxylic acids is 3. The van der Waals surface area contributed by atoms with Gasteiger partial charge in [-0.15, -0.1) is 0 Å². The van der Waals surface area contributed by atoms with Crippen LogP contribution in [-0.4, -0.2) is 81.9 Å². The minimum absolute atomic E-state index is 0.0239. The monoisotopic (exact) mass is 612 g/mol. The van der Waals surface area contributed by atoms with Crippen LogP contribution in [0.1, 0.15) is 64.4 Å². The van der Waals surface area contributed by atoms with Gasteiger partial charge in [0.2, 0.25) is 0 Å². The average Bonchev–Trinajstić information content (AvgIpc) is 3.27. The quantitative estimate of drug-likeness (QED) is 0.207. The summed E-state index contributed by atoms with van der Waals surface area (Å²) in [4.78, 5) is 42.9. The van der Waals surface area contributed by atoms with E-state index in [1.807, 2.05) is 13.0 Å². The maximum atomic E-state index is 12.6. The number of hydrogen-bond donors (Lipinski definition) is 5. The number of fused-ring (bicyclic) bond motifs is 5. The Balaban J connectivity index is 1.23. The van der Waals surface area contributed by atoms with Crippen molar-refractivity contribution in [1.29, 1.82) is 0 Å².